The molecular weight excluding hydrogens is 288 g/mol. The summed E-state index contributed by atoms with van der Waals surface area (Å²) in [5.74, 6) is 0.870. The molecule has 0 bridgehead atoms. The number of rotatable bonds is 2. The van der Waals surface area contributed by atoms with Crippen LogP contribution in [0.25, 0.3) is 0 Å². The van der Waals surface area contributed by atoms with Crippen molar-refractivity contribution < 1.29 is 31.1 Å². The van der Waals surface area contributed by atoms with E-state index in [2.05, 4.69) is 0 Å². The second-order valence-corrected chi connectivity index (χ2v) is 3.68. The predicted octanol–water partition coefficient (Wildman–Crippen LogP) is 3.09. The largest absolute Gasteiger partial charge is 0.416 e. The highest BCUT2D eigenvalue weighted by atomic mass is 19.4. The Morgan fingerprint density at radius 3 is 1.85 bits per heavy atom. The van der Waals surface area contributed by atoms with Crippen LogP contribution in [0.15, 0.2) is 18.2 Å². The topological polar surface area (TPSA) is 29.1 Å². The van der Waals surface area contributed by atoms with Gasteiger partial charge in [0.15, 0.2) is 0 Å². The Bertz CT molecular complexity index is 520. The van der Waals surface area contributed by atoms with E-state index >= 15 is 0 Å². The Labute approximate surface area is 109 Å². The van der Waals surface area contributed by atoms with Gasteiger partial charge in [-0.2, -0.15) is 26.3 Å². The number of carbonyl (C=O) groups is 1. The van der Waals surface area contributed by atoms with Gasteiger partial charge < -0.3 is 5.32 Å². The average molecular weight is 295 g/mol. The molecule has 8 heteroatoms. The smallest absolute Gasteiger partial charge is 0.341 e. The van der Waals surface area contributed by atoms with Crippen molar-refractivity contribution in [1.29, 1.82) is 0 Å². The Kier molecular flexibility index (Phi) is 4.33. The number of nitrogens with one attached hydrogen (secondary N) is 1. The highest BCUT2D eigenvalue weighted by Crippen LogP contribution is 2.36. The Morgan fingerprint density at radius 1 is 1.05 bits per heavy atom. The lowest BCUT2D eigenvalue weighted by Gasteiger charge is -2.13. The minimum absolute atomic E-state index is 0.0576. The molecule has 0 spiro atoms. The summed E-state index contributed by atoms with van der Waals surface area (Å²) in [5.41, 5.74) is -3.88. The van der Waals surface area contributed by atoms with E-state index in [9.17, 15) is 31.1 Å². The zero-order valence-electron chi connectivity index (χ0n) is 9.69. The number of alkyl halides is 6. The zero-order valence-corrected chi connectivity index (χ0v) is 9.69. The van der Waals surface area contributed by atoms with Gasteiger partial charge in [-0.3, -0.25) is 4.79 Å². The van der Waals surface area contributed by atoms with Gasteiger partial charge in [0, 0.05) is 5.56 Å². The summed E-state index contributed by atoms with van der Waals surface area (Å²) in [7, 11) is 0. The van der Waals surface area contributed by atoms with E-state index in [1.54, 1.807) is 0 Å². The normalized spacial score (nSPS) is 11.8. The molecule has 0 saturated carbocycles. The minimum atomic E-state index is -5.00. The molecule has 1 N–H and O–H groups in total. The number of halogens is 6. The zero-order chi connectivity index (χ0) is 15.6. The molecule has 0 aromatic heterocycles. The van der Waals surface area contributed by atoms with Crippen molar-refractivity contribution in [2.24, 2.45) is 0 Å². The van der Waals surface area contributed by atoms with Gasteiger partial charge in [0.05, 0.1) is 17.7 Å². The fourth-order valence-corrected chi connectivity index (χ4v) is 1.32. The van der Waals surface area contributed by atoms with Crippen LogP contribution in [0.3, 0.4) is 0 Å². The van der Waals surface area contributed by atoms with Crippen molar-refractivity contribution >= 4 is 5.91 Å². The van der Waals surface area contributed by atoms with E-state index in [0.29, 0.717) is 12.1 Å². The van der Waals surface area contributed by atoms with Gasteiger partial charge >= 0.3 is 12.4 Å². The molecule has 0 saturated heterocycles. The molecule has 1 amide bonds. The molecule has 20 heavy (non-hydrogen) atoms. The Hall–Kier alpha value is -2.17. The van der Waals surface area contributed by atoms with Crippen molar-refractivity contribution in [3.05, 3.63) is 34.9 Å². The van der Waals surface area contributed by atoms with Crippen LogP contribution in [0.1, 0.15) is 21.5 Å². The van der Waals surface area contributed by atoms with Crippen LogP contribution < -0.4 is 5.32 Å². The molecule has 2 nitrogen and oxygen atoms in total. The van der Waals surface area contributed by atoms with Crippen molar-refractivity contribution in [3.8, 4) is 12.3 Å². The summed E-state index contributed by atoms with van der Waals surface area (Å²) < 4.78 is 75.1. The molecule has 1 aromatic carbocycles. The molecule has 0 aliphatic carbocycles. The van der Waals surface area contributed by atoms with E-state index in [-0.39, 0.29) is 12.6 Å². The monoisotopic (exact) mass is 295 g/mol. The maximum atomic E-state index is 12.5. The van der Waals surface area contributed by atoms with Gasteiger partial charge in [0.2, 0.25) is 0 Å². The minimum Gasteiger partial charge on any atom is -0.341 e. The lowest BCUT2D eigenvalue weighted by Crippen LogP contribution is -2.24. The number of carbonyl (C=O) groups excluding carboxylic acids is 1. The third-order valence-electron chi connectivity index (χ3n) is 2.20. The molecule has 1 rings (SSSR count). The number of terminal acetylenes is 1. The van der Waals surface area contributed by atoms with Crippen LogP contribution in [-0.2, 0) is 12.4 Å². The summed E-state index contributed by atoms with van der Waals surface area (Å²) in [6.07, 6.45) is -5.17. The molecule has 0 aliphatic heterocycles. The molecule has 108 valence electrons. The second-order valence-electron chi connectivity index (χ2n) is 3.68. The molecular formula is C12H7F6NO. The maximum Gasteiger partial charge on any atom is 0.416 e. The quantitative estimate of drug-likeness (QED) is 0.659. The summed E-state index contributed by atoms with van der Waals surface area (Å²) in [5, 5.41) is 2.00. The molecule has 1 aromatic rings. The number of amides is 1. The standard InChI is InChI=1S/C12H7F6NO/c1-2-3-19-10(20)7-4-8(11(13,14)15)6-9(5-7)12(16,17)18/h1,4-6H,3H2,(H,19,20). The lowest BCUT2D eigenvalue weighted by molar-refractivity contribution is -0.143. The van der Waals surface area contributed by atoms with Gasteiger partial charge in [-0.15, -0.1) is 6.42 Å². The molecule has 0 heterocycles. The highest BCUT2D eigenvalue weighted by molar-refractivity contribution is 5.94. The summed E-state index contributed by atoms with van der Waals surface area (Å²) >= 11 is 0. The van der Waals surface area contributed by atoms with Gasteiger partial charge in [-0.05, 0) is 18.2 Å². The fourth-order valence-electron chi connectivity index (χ4n) is 1.32. The van der Waals surface area contributed by atoms with E-state index in [1.165, 1.54) is 0 Å². The van der Waals surface area contributed by atoms with Crippen LogP contribution in [0.5, 0.6) is 0 Å². The summed E-state index contributed by atoms with van der Waals surface area (Å²) in [6, 6.07) is 0.611. The fraction of sp³-hybridized carbons (Fsp3) is 0.250. The number of hydrogen-bond acceptors (Lipinski definition) is 1. The van der Waals surface area contributed by atoms with Crippen molar-refractivity contribution in [2.75, 3.05) is 6.54 Å². The van der Waals surface area contributed by atoms with Crippen molar-refractivity contribution in [1.82, 2.24) is 5.32 Å². The molecule has 0 atom stereocenters. The van der Waals surface area contributed by atoms with Gasteiger partial charge in [-0.1, -0.05) is 5.92 Å². The Morgan fingerprint density at radius 2 is 1.50 bits per heavy atom. The third-order valence-corrected chi connectivity index (χ3v) is 2.20. The second kappa shape index (κ2) is 5.45. The predicted molar refractivity (Wildman–Crippen MR) is 57.6 cm³/mol. The van der Waals surface area contributed by atoms with Crippen molar-refractivity contribution in [2.45, 2.75) is 12.4 Å². The first-order valence-corrected chi connectivity index (χ1v) is 5.07. The number of hydrogen-bond donors (Lipinski definition) is 1. The van der Waals surface area contributed by atoms with E-state index in [1.807, 2.05) is 11.2 Å². The van der Waals surface area contributed by atoms with Crippen LogP contribution in [-0.4, -0.2) is 12.5 Å². The first kappa shape index (κ1) is 15.9. The van der Waals surface area contributed by atoms with E-state index in [4.69, 9.17) is 6.42 Å². The Balaban J connectivity index is 3.32. The maximum absolute atomic E-state index is 12.5. The van der Waals surface area contributed by atoms with Crippen LogP contribution >= 0.6 is 0 Å². The molecule has 0 fully saturated rings. The van der Waals surface area contributed by atoms with Gasteiger partial charge in [-0.25, -0.2) is 0 Å². The molecule has 0 unspecified atom stereocenters. The molecule has 0 aliphatic rings. The van der Waals surface area contributed by atoms with Gasteiger partial charge in [0.25, 0.3) is 5.91 Å². The van der Waals surface area contributed by atoms with E-state index in [0.717, 1.165) is 0 Å². The van der Waals surface area contributed by atoms with Gasteiger partial charge in [0.1, 0.15) is 0 Å². The van der Waals surface area contributed by atoms with Crippen LogP contribution in [0, 0.1) is 12.3 Å². The summed E-state index contributed by atoms with van der Waals surface area (Å²) in [6.45, 7) is -0.309. The SMILES string of the molecule is C#CCNC(=O)c1cc(C(F)(F)F)cc(C(F)(F)F)c1. The van der Waals surface area contributed by atoms with E-state index < -0.39 is 35.0 Å². The van der Waals surface area contributed by atoms with Crippen LogP contribution in [0.4, 0.5) is 26.3 Å². The van der Waals surface area contributed by atoms with Crippen LogP contribution in [0.2, 0.25) is 0 Å². The summed E-state index contributed by atoms with van der Waals surface area (Å²) in [4.78, 5) is 11.4. The first-order valence-electron chi connectivity index (χ1n) is 5.07. The first-order chi connectivity index (χ1) is 9.05. The van der Waals surface area contributed by atoms with Crippen molar-refractivity contribution in [3.63, 3.8) is 0 Å². The number of benzene rings is 1. The third kappa shape index (κ3) is 3.91. The molecule has 0 radical (unpaired) electrons. The average Bonchev–Trinajstić information content (AvgIpc) is 2.33. The lowest BCUT2D eigenvalue weighted by atomic mass is 10.0. The highest BCUT2D eigenvalue weighted by Gasteiger charge is 2.37.